The van der Waals surface area contributed by atoms with Crippen LogP contribution in [0, 0.1) is 0 Å². The Bertz CT molecular complexity index is 998. The first kappa shape index (κ1) is 13.5. The van der Waals surface area contributed by atoms with Gasteiger partial charge in [0.05, 0.1) is 0 Å². The van der Waals surface area contributed by atoms with Crippen LogP contribution < -0.4 is 0 Å². The topological polar surface area (TPSA) is 63.6 Å². The highest BCUT2D eigenvalue weighted by Crippen LogP contribution is 2.30. The summed E-state index contributed by atoms with van der Waals surface area (Å²) in [5.41, 5.74) is 3.51. The van der Waals surface area contributed by atoms with E-state index in [-0.39, 0.29) is 5.78 Å². The Morgan fingerprint density at radius 3 is 2.57 bits per heavy atom. The third-order valence-corrected chi connectivity index (χ3v) is 3.95. The lowest BCUT2D eigenvalue weighted by Gasteiger charge is -2.00. The minimum atomic E-state index is -0.137. The predicted octanol–water partition coefficient (Wildman–Crippen LogP) is 3.19. The van der Waals surface area contributed by atoms with Crippen molar-refractivity contribution in [1.29, 1.82) is 0 Å². The molecular weight excluding hydrogens is 288 g/mol. The average Bonchev–Trinajstić information content (AvgIpc) is 3.20. The van der Waals surface area contributed by atoms with E-state index in [1.54, 1.807) is 12.1 Å². The number of fused-ring (bicyclic) bond motifs is 1. The number of hydrogen-bond acceptors (Lipinski definition) is 3. The Balaban J connectivity index is 1.88. The van der Waals surface area contributed by atoms with Gasteiger partial charge in [0.2, 0.25) is 5.78 Å². The fourth-order valence-electron chi connectivity index (χ4n) is 2.83. The van der Waals surface area contributed by atoms with E-state index in [4.69, 9.17) is 0 Å². The first-order chi connectivity index (χ1) is 11.3. The van der Waals surface area contributed by atoms with Gasteiger partial charge in [-0.25, -0.2) is 0 Å². The normalized spacial score (nSPS) is 11.0. The smallest absolute Gasteiger partial charge is 0.215 e. The molecule has 0 radical (unpaired) electrons. The summed E-state index contributed by atoms with van der Waals surface area (Å²) in [4.78, 5) is 12.7. The van der Waals surface area contributed by atoms with Crippen molar-refractivity contribution in [2.45, 2.75) is 0 Å². The average molecular weight is 302 g/mol. The van der Waals surface area contributed by atoms with Crippen molar-refractivity contribution in [3.63, 3.8) is 0 Å². The van der Waals surface area contributed by atoms with Crippen LogP contribution in [0.3, 0.4) is 0 Å². The van der Waals surface area contributed by atoms with Gasteiger partial charge in [-0.15, -0.1) is 0 Å². The first-order valence-corrected chi connectivity index (χ1v) is 7.30. The molecule has 2 aromatic carbocycles. The number of nitrogens with one attached hydrogen (secondary N) is 1. The number of aryl methyl sites for hydroxylation is 1. The lowest BCUT2D eigenvalue weighted by Crippen LogP contribution is -2.03. The number of carbonyl (C=O) groups excluding carboxylic acids is 1. The number of hydrogen-bond donors (Lipinski definition) is 1. The minimum absolute atomic E-state index is 0.137. The maximum Gasteiger partial charge on any atom is 0.215 e. The molecule has 0 amide bonds. The zero-order valence-electron chi connectivity index (χ0n) is 12.5. The van der Waals surface area contributed by atoms with Crippen LogP contribution in [0.1, 0.15) is 16.1 Å². The summed E-state index contributed by atoms with van der Waals surface area (Å²) >= 11 is 0. The van der Waals surface area contributed by atoms with E-state index in [1.165, 1.54) is 0 Å². The molecule has 0 bridgehead atoms. The maximum atomic E-state index is 12.7. The highest BCUT2D eigenvalue weighted by atomic mass is 16.1. The van der Waals surface area contributed by atoms with Gasteiger partial charge in [-0.1, -0.05) is 48.5 Å². The maximum absolute atomic E-state index is 12.7. The van der Waals surface area contributed by atoms with Crippen LogP contribution >= 0.6 is 0 Å². The van der Waals surface area contributed by atoms with E-state index >= 15 is 0 Å². The minimum Gasteiger partial charge on any atom is -0.350 e. The number of rotatable bonds is 3. The Hall–Kier alpha value is -3.21. The predicted molar refractivity (Wildman–Crippen MR) is 88.2 cm³/mol. The van der Waals surface area contributed by atoms with Crippen LogP contribution in [0.4, 0.5) is 0 Å². The summed E-state index contributed by atoms with van der Waals surface area (Å²) in [5.74, 6) is -0.137. The molecule has 0 unspecified atom stereocenters. The van der Waals surface area contributed by atoms with Gasteiger partial charge >= 0.3 is 0 Å². The number of carbonyl (C=O) groups is 1. The lowest BCUT2D eigenvalue weighted by molar-refractivity contribution is 0.103. The molecule has 0 saturated heterocycles. The number of aromatic nitrogens is 4. The van der Waals surface area contributed by atoms with E-state index in [2.05, 4.69) is 15.4 Å². The molecule has 2 heterocycles. The number of aromatic amines is 1. The number of para-hydroxylation sites is 1. The van der Waals surface area contributed by atoms with Gasteiger partial charge in [0.25, 0.3) is 0 Å². The zero-order valence-corrected chi connectivity index (χ0v) is 12.5. The van der Waals surface area contributed by atoms with Crippen LogP contribution in [-0.2, 0) is 7.05 Å². The summed E-state index contributed by atoms with van der Waals surface area (Å²) in [6, 6.07) is 17.2. The summed E-state index contributed by atoms with van der Waals surface area (Å²) < 4.78 is 2.02. The van der Waals surface area contributed by atoms with Crippen molar-refractivity contribution in [2.24, 2.45) is 7.05 Å². The molecule has 4 rings (SSSR count). The molecular formula is C18H14N4O. The molecule has 0 atom stereocenters. The molecule has 0 saturated carbocycles. The lowest BCUT2D eigenvalue weighted by atomic mass is 10.0. The Morgan fingerprint density at radius 2 is 1.74 bits per heavy atom. The van der Waals surface area contributed by atoms with E-state index in [1.807, 2.05) is 60.3 Å². The van der Waals surface area contributed by atoms with Crippen molar-refractivity contribution in [1.82, 2.24) is 20.0 Å². The molecule has 112 valence electrons. The van der Waals surface area contributed by atoms with E-state index in [9.17, 15) is 4.79 Å². The highest BCUT2D eigenvalue weighted by Gasteiger charge is 2.21. The van der Waals surface area contributed by atoms with Crippen molar-refractivity contribution >= 4 is 16.7 Å². The number of ketones is 1. The standard InChI is InChI=1S/C18H14N4O/c1-22-11-14(13-9-5-6-10-15(13)22)16-17(20-21-19-16)18(23)12-7-3-2-4-8-12/h2-11H,1H3,(H,19,20,21). The summed E-state index contributed by atoms with van der Waals surface area (Å²) in [6.07, 6.45) is 1.98. The van der Waals surface area contributed by atoms with Crippen molar-refractivity contribution in [2.75, 3.05) is 0 Å². The summed E-state index contributed by atoms with van der Waals surface area (Å²) in [6.45, 7) is 0. The Morgan fingerprint density at radius 1 is 1.00 bits per heavy atom. The fourth-order valence-corrected chi connectivity index (χ4v) is 2.83. The van der Waals surface area contributed by atoms with Gasteiger partial charge < -0.3 is 4.57 Å². The SMILES string of the molecule is Cn1cc(-c2n[nH]nc2C(=O)c2ccccc2)c2ccccc21. The van der Waals surface area contributed by atoms with Crippen LogP contribution in [0.25, 0.3) is 22.2 Å². The van der Waals surface area contributed by atoms with Gasteiger partial charge in [0, 0.05) is 35.3 Å². The number of H-pyrrole nitrogens is 1. The fraction of sp³-hybridized carbons (Fsp3) is 0.0556. The molecule has 2 aromatic heterocycles. The van der Waals surface area contributed by atoms with Gasteiger partial charge in [0.15, 0.2) is 5.69 Å². The zero-order chi connectivity index (χ0) is 15.8. The Kier molecular flexibility index (Phi) is 3.05. The second kappa shape index (κ2) is 5.21. The molecule has 0 aliphatic carbocycles. The number of nitrogens with zero attached hydrogens (tertiary/aromatic N) is 3. The van der Waals surface area contributed by atoms with Crippen LogP contribution in [0.2, 0.25) is 0 Å². The first-order valence-electron chi connectivity index (χ1n) is 7.30. The summed E-state index contributed by atoms with van der Waals surface area (Å²) in [5, 5.41) is 12.0. The molecule has 0 fully saturated rings. The van der Waals surface area contributed by atoms with Crippen molar-refractivity contribution < 1.29 is 4.79 Å². The van der Waals surface area contributed by atoms with E-state index in [0.29, 0.717) is 17.0 Å². The number of benzene rings is 2. The van der Waals surface area contributed by atoms with Gasteiger partial charge in [-0.3, -0.25) is 4.79 Å². The van der Waals surface area contributed by atoms with Crippen molar-refractivity contribution in [3.8, 4) is 11.3 Å². The van der Waals surface area contributed by atoms with Crippen molar-refractivity contribution in [3.05, 3.63) is 72.1 Å². The third kappa shape index (κ3) is 2.14. The van der Waals surface area contributed by atoms with E-state index < -0.39 is 0 Å². The molecule has 0 aliphatic rings. The quantitative estimate of drug-likeness (QED) is 0.591. The molecule has 0 spiro atoms. The second-order valence-corrected chi connectivity index (χ2v) is 5.39. The Labute approximate surface area is 132 Å². The molecule has 5 nitrogen and oxygen atoms in total. The van der Waals surface area contributed by atoms with E-state index in [0.717, 1.165) is 16.5 Å². The van der Waals surface area contributed by atoms with Crippen LogP contribution in [-0.4, -0.2) is 25.8 Å². The largest absolute Gasteiger partial charge is 0.350 e. The molecule has 5 heteroatoms. The monoisotopic (exact) mass is 302 g/mol. The molecule has 1 N–H and O–H groups in total. The molecule has 4 aromatic rings. The van der Waals surface area contributed by atoms with Gasteiger partial charge in [-0.2, -0.15) is 15.4 Å². The van der Waals surface area contributed by atoms with Crippen LogP contribution in [0.5, 0.6) is 0 Å². The van der Waals surface area contributed by atoms with Crippen LogP contribution in [0.15, 0.2) is 60.8 Å². The third-order valence-electron chi connectivity index (χ3n) is 3.95. The summed E-state index contributed by atoms with van der Waals surface area (Å²) in [7, 11) is 1.98. The molecule has 0 aliphatic heterocycles. The highest BCUT2D eigenvalue weighted by molar-refractivity contribution is 6.12. The second-order valence-electron chi connectivity index (χ2n) is 5.39. The molecule has 23 heavy (non-hydrogen) atoms. The van der Waals surface area contributed by atoms with Gasteiger partial charge in [-0.05, 0) is 6.07 Å². The van der Waals surface area contributed by atoms with Gasteiger partial charge in [0.1, 0.15) is 5.69 Å².